The highest BCUT2D eigenvalue weighted by Crippen LogP contribution is 2.39. The average molecular weight is 400 g/mol. The van der Waals surface area contributed by atoms with Gasteiger partial charge in [-0.3, -0.25) is 4.79 Å². The Hall–Kier alpha value is -2.60. The van der Waals surface area contributed by atoms with E-state index in [9.17, 15) is 18.0 Å². The van der Waals surface area contributed by atoms with Crippen LogP contribution in [0.25, 0.3) is 6.08 Å². The third-order valence-electron chi connectivity index (χ3n) is 6.07. The molecular formula is C23H23F3N2O. The number of amides is 1. The van der Waals surface area contributed by atoms with Crippen LogP contribution in [0.3, 0.4) is 0 Å². The molecule has 1 saturated heterocycles. The van der Waals surface area contributed by atoms with Gasteiger partial charge in [0.05, 0.1) is 5.56 Å². The second-order valence-corrected chi connectivity index (χ2v) is 7.78. The molecule has 1 fully saturated rings. The molecule has 2 heterocycles. The van der Waals surface area contributed by atoms with Crippen LogP contribution >= 0.6 is 0 Å². The topological polar surface area (TPSA) is 32.3 Å². The first-order valence-electron chi connectivity index (χ1n) is 9.81. The summed E-state index contributed by atoms with van der Waals surface area (Å²) in [5.41, 5.74) is 1.97. The van der Waals surface area contributed by atoms with Crippen molar-refractivity contribution in [3.8, 4) is 0 Å². The molecule has 2 aromatic carbocycles. The van der Waals surface area contributed by atoms with Gasteiger partial charge in [-0.15, -0.1) is 0 Å². The number of piperidine rings is 1. The van der Waals surface area contributed by atoms with Crippen molar-refractivity contribution in [3.05, 3.63) is 76.9 Å². The van der Waals surface area contributed by atoms with Crippen molar-refractivity contribution in [2.75, 3.05) is 19.6 Å². The molecule has 29 heavy (non-hydrogen) atoms. The predicted octanol–water partition coefficient (Wildman–Crippen LogP) is 4.38. The molecule has 0 atom stereocenters. The van der Waals surface area contributed by atoms with Gasteiger partial charge in [-0.05, 0) is 41.7 Å². The molecule has 152 valence electrons. The minimum absolute atomic E-state index is 0.00670. The zero-order valence-electron chi connectivity index (χ0n) is 16.0. The van der Waals surface area contributed by atoms with Crippen LogP contribution in [0.1, 0.15) is 35.1 Å². The van der Waals surface area contributed by atoms with Crippen LogP contribution in [-0.2, 0) is 22.9 Å². The van der Waals surface area contributed by atoms with Crippen LogP contribution in [0.4, 0.5) is 13.2 Å². The normalized spacial score (nSPS) is 18.8. The molecule has 0 aliphatic carbocycles. The maximum atomic E-state index is 13.1. The maximum Gasteiger partial charge on any atom is 0.416 e. The number of halogens is 3. The summed E-state index contributed by atoms with van der Waals surface area (Å²) < 4.78 is 39.3. The molecule has 6 heteroatoms. The van der Waals surface area contributed by atoms with Crippen molar-refractivity contribution < 1.29 is 18.0 Å². The van der Waals surface area contributed by atoms with Crippen LogP contribution in [0.5, 0.6) is 0 Å². The Kier molecular flexibility index (Phi) is 5.21. The largest absolute Gasteiger partial charge is 0.416 e. The van der Waals surface area contributed by atoms with Gasteiger partial charge in [-0.2, -0.15) is 13.2 Å². The summed E-state index contributed by atoms with van der Waals surface area (Å²) >= 11 is 0. The van der Waals surface area contributed by atoms with Gasteiger partial charge in [0.15, 0.2) is 0 Å². The number of alkyl halides is 3. The van der Waals surface area contributed by atoms with E-state index in [4.69, 9.17) is 0 Å². The number of likely N-dealkylation sites (tertiary alicyclic amines) is 1. The van der Waals surface area contributed by atoms with E-state index >= 15 is 0 Å². The molecule has 3 nitrogen and oxygen atoms in total. The van der Waals surface area contributed by atoms with E-state index < -0.39 is 11.7 Å². The van der Waals surface area contributed by atoms with Crippen molar-refractivity contribution in [2.24, 2.45) is 0 Å². The Morgan fingerprint density at radius 3 is 2.48 bits per heavy atom. The fraction of sp³-hybridized carbons (Fsp3) is 0.348. The summed E-state index contributed by atoms with van der Waals surface area (Å²) in [7, 11) is 0. The molecule has 1 N–H and O–H groups in total. The van der Waals surface area contributed by atoms with E-state index in [-0.39, 0.29) is 16.9 Å². The van der Waals surface area contributed by atoms with E-state index in [1.54, 1.807) is 4.90 Å². The number of fused-ring (bicyclic) bond motifs is 2. The highest BCUT2D eigenvalue weighted by molar-refractivity contribution is 5.92. The van der Waals surface area contributed by atoms with Crippen molar-refractivity contribution in [3.63, 3.8) is 0 Å². The first-order chi connectivity index (χ1) is 13.9. The van der Waals surface area contributed by atoms with Crippen LogP contribution < -0.4 is 5.32 Å². The summed E-state index contributed by atoms with van der Waals surface area (Å²) in [4.78, 5) is 14.3. The zero-order chi connectivity index (χ0) is 20.5. The number of hydrogen-bond acceptors (Lipinski definition) is 2. The Bertz CT molecular complexity index is 928. The number of carbonyl (C=O) groups excluding carboxylic acids is 1. The van der Waals surface area contributed by atoms with Crippen molar-refractivity contribution in [1.82, 2.24) is 10.2 Å². The number of nitrogens with one attached hydrogen (secondary N) is 1. The standard InChI is InChI=1S/C23H23F3N2O/c24-23(25,26)20-8-4-1-5-17(20)9-10-21(29)28-13-11-22(12-14-28)16-27-15-18-6-2-3-7-19(18)22/h1-10,27H,11-16H2. The van der Waals surface area contributed by atoms with Crippen LogP contribution in [0.2, 0.25) is 0 Å². The zero-order valence-corrected chi connectivity index (χ0v) is 16.0. The van der Waals surface area contributed by atoms with E-state index in [2.05, 4.69) is 23.5 Å². The molecule has 0 unspecified atom stereocenters. The minimum atomic E-state index is -4.44. The maximum absolute atomic E-state index is 13.1. The number of hydrogen-bond donors (Lipinski definition) is 1. The van der Waals surface area contributed by atoms with Gasteiger partial charge in [0, 0.05) is 37.7 Å². The number of carbonyl (C=O) groups is 1. The lowest BCUT2D eigenvalue weighted by Crippen LogP contribution is -2.51. The highest BCUT2D eigenvalue weighted by atomic mass is 19.4. The Morgan fingerprint density at radius 1 is 1.03 bits per heavy atom. The smallest absolute Gasteiger partial charge is 0.339 e. The van der Waals surface area contributed by atoms with Crippen LogP contribution in [0, 0.1) is 0 Å². The quantitative estimate of drug-likeness (QED) is 0.759. The summed E-state index contributed by atoms with van der Waals surface area (Å²) in [6.45, 7) is 2.95. The van der Waals surface area contributed by atoms with E-state index in [1.807, 2.05) is 6.07 Å². The molecule has 4 rings (SSSR count). The number of rotatable bonds is 2. The first kappa shape index (κ1) is 19.7. The van der Waals surface area contributed by atoms with Crippen LogP contribution in [-0.4, -0.2) is 30.4 Å². The lowest BCUT2D eigenvalue weighted by atomic mass is 9.69. The molecule has 2 aromatic rings. The predicted molar refractivity (Wildman–Crippen MR) is 106 cm³/mol. The summed E-state index contributed by atoms with van der Waals surface area (Å²) in [5.74, 6) is -0.242. The average Bonchev–Trinajstić information content (AvgIpc) is 2.72. The lowest BCUT2D eigenvalue weighted by Gasteiger charge is -2.45. The Labute approximate surface area is 168 Å². The molecule has 0 saturated carbocycles. The van der Waals surface area contributed by atoms with Crippen molar-refractivity contribution in [1.29, 1.82) is 0 Å². The van der Waals surface area contributed by atoms with Crippen LogP contribution in [0.15, 0.2) is 54.6 Å². The first-order valence-corrected chi connectivity index (χ1v) is 9.81. The lowest BCUT2D eigenvalue weighted by molar-refractivity contribution is -0.137. The minimum Gasteiger partial charge on any atom is -0.339 e. The molecule has 2 aliphatic rings. The number of nitrogens with zero attached hydrogens (tertiary/aromatic N) is 1. The third kappa shape index (κ3) is 3.94. The monoisotopic (exact) mass is 400 g/mol. The fourth-order valence-electron chi connectivity index (χ4n) is 4.49. The highest BCUT2D eigenvalue weighted by Gasteiger charge is 2.40. The summed E-state index contributed by atoms with van der Waals surface area (Å²) in [5, 5.41) is 3.49. The molecule has 1 spiro atoms. The molecule has 1 amide bonds. The Morgan fingerprint density at radius 2 is 1.72 bits per heavy atom. The second kappa shape index (κ2) is 7.67. The van der Waals surface area contributed by atoms with Gasteiger partial charge >= 0.3 is 6.18 Å². The SMILES string of the molecule is O=C(C=Cc1ccccc1C(F)(F)F)N1CCC2(CC1)CNCc1ccccc12. The van der Waals surface area contributed by atoms with Gasteiger partial charge in [0.25, 0.3) is 0 Å². The van der Waals surface area contributed by atoms with Crippen molar-refractivity contribution >= 4 is 12.0 Å². The van der Waals surface area contributed by atoms with E-state index in [0.29, 0.717) is 13.1 Å². The molecule has 0 bridgehead atoms. The van der Waals surface area contributed by atoms with Crippen molar-refractivity contribution in [2.45, 2.75) is 31.0 Å². The molecular weight excluding hydrogens is 377 g/mol. The molecule has 0 radical (unpaired) electrons. The van der Waals surface area contributed by atoms with E-state index in [1.165, 1.54) is 41.5 Å². The molecule has 0 aromatic heterocycles. The Balaban J connectivity index is 1.45. The van der Waals surface area contributed by atoms with Gasteiger partial charge < -0.3 is 10.2 Å². The van der Waals surface area contributed by atoms with Gasteiger partial charge in [0.2, 0.25) is 5.91 Å². The summed E-state index contributed by atoms with van der Waals surface area (Å²) in [6.07, 6.45) is -0.225. The van der Waals surface area contributed by atoms with E-state index in [0.717, 1.165) is 32.0 Å². The second-order valence-electron chi connectivity index (χ2n) is 7.78. The van der Waals surface area contributed by atoms with Gasteiger partial charge in [-0.25, -0.2) is 0 Å². The third-order valence-corrected chi connectivity index (χ3v) is 6.07. The summed E-state index contributed by atoms with van der Waals surface area (Å²) in [6, 6.07) is 13.7. The van der Waals surface area contributed by atoms with Gasteiger partial charge in [0.1, 0.15) is 0 Å². The van der Waals surface area contributed by atoms with Gasteiger partial charge in [-0.1, -0.05) is 42.5 Å². The molecule has 2 aliphatic heterocycles. The number of benzene rings is 2. The fourth-order valence-corrected chi connectivity index (χ4v) is 4.49.